The second-order valence-electron chi connectivity index (χ2n) is 6.54. The number of rotatable bonds is 3. The predicted molar refractivity (Wildman–Crippen MR) is 85.1 cm³/mol. The molecular formula is C17H25N3. The quantitative estimate of drug-likeness (QED) is 0.906. The van der Waals surface area contributed by atoms with E-state index in [-0.39, 0.29) is 11.5 Å². The average molecular weight is 271 g/mol. The van der Waals surface area contributed by atoms with E-state index in [0.717, 1.165) is 11.4 Å². The summed E-state index contributed by atoms with van der Waals surface area (Å²) in [6.07, 6.45) is 2.08. The molecular weight excluding hydrogens is 246 g/mol. The highest BCUT2D eigenvalue weighted by Crippen LogP contribution is 2.26. The number of aromatic nitrogens is 2. The summed E-state index contributed by atoms with van der Waals surface area (Å²) >= 11 is 0. The second kappa shape index (κ2) is 5.31. The van der Waals surface area contributed by atoms with Crippen molar-refractivity contribution in [2.45, 2.75) is 46.1 Å². The van der Waals surface area contributed by atoms with Gasteiger partial charge in [0.1, 0.15) is 0 Å². The minimum atomic E-state index is 0.198. The first-order valence-electron chi connectivity index (χ1n) is 7.14. The lowest BCUT2D eigenvalue weighted by Gasteiger charge is -2.20. The van der Waals surface area contributed by atoms with Crippen LogP contribution in [0.5, 0.6) is 0 Å². The molecule has 0 fully saturated rings. The van der Waals surface area contributed by atoms with Gasteiger partial charge in [-0.25, -0.2) is 0 Å². The highest BCUT2D eigenvalue weighted by Gasteiger charge is 2.14. The molecule has 108 valence electrons. The SMILES string of the molecule is Cc1nn(C)cc1C(C)Nc1ccc(C(C)(C)C)cc1. The van der Waals surface area contributed by atoms with Crippen LogP contribution >= 0.6 is 0 Å². The van der Waals surface area contributed by atoms with Gasteiger partial charge in [-0.1, -0.05) is 32.9 Å². The van der Waals surface area contributed by atoms with Crippen molar-refractivity contribution in [3.63, 3.8) is 0 Å². The van der Waals surface area contributed by atoms with Crippen LogP contribution in [0.2, 0.25) is 0 Å². The normalized spacial score (nSPS) is 13.3. The Morgan fingerprint density at radius 1 is 1.15 bits per heavy atom. The minimum absolute atomic E-state index is 0.198. The van der Waals surface area contributed by atoms with E-state index in [1.165, 1.54) is 11.1 Å². The summed E-state index contributed by atoms with van der Waals surface area (Å²) in [5.41, 5.74) is 5.03. The third-order valence-electron chi connectivity index (χ3n) is 3.65. The molecule has 1 N–H and O–H groups in total. The number of hydrogen-bond acceptors (Lipinski definition) is 2. The Kier molecular flexibility index (Phi) is 3.89. The van der Waals surface area contributed by atoms with Gasteiger partial charge < -0.3 is 5.32 Å². The Balaban J connectivity index is 2.12. The van der Waals surface area contributed by atoms with Crippen molar-refractivity contribution in [1.29, 1.82) is 0 Å². The fourth-order valence-electron chi connectivity index (χ4n) is 2.44. The highest BCUT2D eigenvalue weighted by molar-refractivity contribution is 5.47. The zero-order chi connectivity index (χ0) is 14.9. The molecule has 0 bridgehead atoms. The molecule has 0 saturated heterocycles. The predicted octanol–water partition coefficient (Wildman–Crippen LogP) is 4.20. The Morgan fingerprint density at radius 2 is 1.75 bits per heavy atom. The average Bonchev–Trinajstić information content (AvgIpc) is 2.68. The van der Waals surface area contributed by atoms with Crippen LogP contribution in [0.3, 0.4) is 0 Å². The van der Waals surface area contributed by atoms with Crippen LogP contribution in [-0.4, -0.2) is 9.78 Å². The van der Waals surface area contributed by atoms with E-state index in [0.29, 0.717) is 0 Å². The van der Waals surface area contributed by atoms with E-state index >= 15 is 0 Å². The number of nitrogens with zero attached hydrogens (tertiary/aromatic N) is 2. The molecule has 0 amide bonds. The molecule has 0 spiro atoms. The van der Waals surface area contributed by atoms with Crippen LogP contribution in [0.4, 0.5) is 5.69 Å². The molecule has 0 aliphatic carbocycles. The molecule has 0 aliphatic heterocycles. The maximum Gasteiger partial charge on any atom is 0.0646 e. The van der Waals surface area contributed by atoms with Crippen LogP contribution in [0.15, 0.2) is 30.5 Å². The van der Waals surface area contributed by atoms with Crippen molar-refractivity contribution < 1.29 is 0 Å². The van der Waals surface area contributed by atoms with Gasteiger partial charge in [0, 0.05) is 24.5 Å². The summed E-state index contributed by atoms with van der Waals surface area (Å²) in [4.78, 5) is 0. The molecule has 0 saturated carbocycles. The first-order valence-corrected chi connectivity index (χ1v) is 7.14. The lowest BCUT2D eigenvalue weighted by molar-refractivity contribution is 0.590. The van der Waals surface area contributed by atoms with Crippen molar-refractivity contribution in [3.05, 3.63) is 47.3 Å². The molecule has 2 rings (SSSR count). The molecule has 1 aromatic heterocycles. The van der Waals surface area contributed by atoms with Gasteiger partial charge in [-0.3, -0.25) is 4.68 Å². The van der Waals surface area contributed by atoms with Gasteiger partial charge in [-0.15, -0.1) is 0 Å². The minimum Gasteiger partial charge on any atom is -0.378 e. The van der Waals surface area contributed by atoms with Crippen LogP contribution in [-0.2, 0) is 12.5 Å². The summed E-state index contributed by atoms with van der Waals surface area (Å²) in [6.45, 7) is 10.9. The summed E-state index contributed by atoms with van der Waals surface area (Å²) in [6, 6.07) is 8.96. The second-order valence-corrected chi connectivity index (χ2v) is 6.54. The molecule has 20 heavy (non-hydrogen) atoms. The Hall–Kier alpha value is -1.77. The zero-order valence-electron chi connectivity index (χ0n) is 13.4. The van der Waals surface area contributed by atoms with Gasteiger partial charge in [-0.2, -0.15) is 5.10 Å². The largest absolute Gasteiger partial charge is 0.378 e. The lowest BCUT2D eigenvalue weighted by Crippen LogP contribution is -2.11. The zero-order valence-corrected chi connectivity index (χ0v) is 13.4. The summed E-state index contributed by atoms with van der Waals surface area (Å²) in [7, 11) is 1.96. The molecule has 0 radical (unpaired) electrons. The Labute approximate surface area is 122 Å². The van der Waals surface area contributed by atoms with Crippen molar-refractivity contribution in [3.8, 4) is 0 Å². The van der Waals surface area contributed by atoms with Crippen molar-refractivity contribution in [2.24, 2.45) is 7.05 Å². The van der Waals surface area contributed by atoms with Crippen LogP contribution in [0, 0.1) is 6.92 Å². The van der Waals surface area contributed by atoms with Crippen LogP contribution in [0.25, 0.3) is 0 Å². The standard InChI is InChI=1S/C17H25N3/c1-12(16-11-20(6)19-13(16)2)18-15-9-7-14(8-10-15)17(3,4)5/h7-12,18H,1-6H3. The molecule has 2 aromatic rings. The lowest BCUT2D eigenvalue weighted by atomic mass is 9.87. The van der Waals surface area contributed by atoms with E-state index in [4.69, 9.17) is 0 Å². The summed E-state index contributed by atoms with van der Waals surface area (Å²) in [5, 5.41) is 7.93. The maximum atomic E-state index is 4.40. The first-order chi connectivity index (χ1) is 9.27. The van der Waals surface area contributed by atoms with Gasteiger partial charge in [0.15, 0.2) is 0 Å². The fourth-order valence-corrected chi connectivity index (χ4v) is 2.44. The number of nitrogens with one attached hydrogen (secondary N) is 1. The monoisotopic (exact) mass is 271 g/mol. The van der Waals surface area contributed by atoms with E-state index in [1.54, 1.807) is 0 Å². The van der Waals surface area contributed by atoms with Gasteiger partial charge in [0.05, 0.1) is 11.7 Å². The van der Waals surface area contributed by atoms with Gasteiger partial charge in [0.25, 0.3) is 0 Å². The third-order valence-corrected chi connectivity index (χ3v) is 3.65. The smallest absolute Gasteiger partial charge is 0.0646 e. The molecule has 3 heteroatoms. The molecule has 3 nitrogen and oxygen atoms in total. The molecule has 1 heterocycles. The van der Waals surface area contributed by atoms with Gasteiger partial charge in [0.2, 0.25) is 0 Å². The highest BCUT2D eigenvalue weighted by atomic mass is 15.3. The number of benzene rings is 1. The van der Waals surface area contributed by atoms with Crippen LogP contribution < -0.4 is 5.32 Å². The van der Waals surface area contributed by atoms with E-state index in [9.17, 15) is 0 Å². The van der Waals surface area contributed by atoms with Gasteiger partial charge in [-0.05, 0) is 37.0 Å². The first kappa shape index (κ1) is 14.6. The van der Waals surface area contributed by atoms with Crippen LogP contribution in [0.1, 0.15) is 50.6 Å². The van der Waals surface area contributed by atoms with Crippen molar-refractivity contribution in [1.82, 2.24) is 9.78 Å². The molecule has 1 unspecified atom stereocenters. The third kappa shape index (κ3) is 3.21. The number of aryl methyl sites for hydroxylation is 2. The molecule has 1 aromatic carbocycles. The fraction of sp³-hybridized carbons (Fsp3) is 0.471. The topological polar surface area (TPSA) is 29.9 Å². The Bertz CT molecular complexity index is 573. The Morgan fingerprint density at radius 3 is 2.20 bits per heavy atom. The molecule has 1 atom stereocenters. The van der Waals surface area contributed by atoms with E-state index < -0.39 is 0 Å². The summed E-state index contributed by atoms with van der Waals surface area (Å²) in [5.74, 6) is 0. The van der Waals surface area contributed by atoms with Gasteiger partial charge >= 0.3 is 0 Å². The molecule has 0 aliphatic rings. The van der Waals surface area contributed by atoms with E-state index in [1.807, 2.05) is 11.7 Å². The number of anilines is 1. The summed E-state index contributed by atoms with van der Waals surface area (Å²) < 4.78 is 1.87. The van der Waals surface area contributed by atoms with Crippen molar-refractivity contribution >= 4 is 5.69 Å². The van der Waals surface area contributed by atoms with Crippen molar-refractivity contribution in [2.75, 3.05) is 5.32 Å². The maximum absolute atomic E-state index is 4.40. The number of hydrogen-bond donors (Lipinski definition) is 1. The van der Waals surface area contributed by atoms with E-state index in [2.05, 4.69) is 75.5 Å².